The highest BCUT2D eigenvalue weighted by Crippen LogP contribution is 2.17. The number of rotatable bonds is 3. The molecule has 1 aliphatic rings. The molecule has 98 valence electrons. The van der Waals surface area contributed by atoms with E-state index in [9.17, 15) is 9.59 Å². The van der Waals surface area contributed by atoms with Gasteiger partial charge in [0.25, 0.3) is 0 Å². The van der Waals surface area contributed by atoms with E-state index >= 15 is 0 Å². The number of likely N-dealkylation sites (tertiary alicyclic amines) is 1. The zero-order valence-electron chi connectivity index (χ0n) is 10.5. The van der Waals surface area contributed by atoms with Crippen molar-refractivity contribution in [2.75, 3.05) is 20.1 Å². The maximum atomic E-state index is 12.0. The molecule has 2 heterocycles. The number of hydrogen-bond donors (Lipinski definition) is 1. The minimum atomic E-state index is 0.0451. The third kappa shape index (κ3) is 2.88. The van der Waals surface area contributed by atoms with Crippen LogP contribution in [-0.4, -0.2) is 46.6 Å². The van der Waals surface area contributed by atoms with Gasteiger partial charge in [-0.15, -0.1) is 0 Å². The summed E-state index contributed by atoms with van der Waals surface area (Å²) in [6.45, 7) is 1.58. The van der Waals surface area contributed by atoms with Crippen LogP contribution in [0.3, 0.4) is 0 Å². The van der Waals surface area contributed by atoms with E-state index in [1.54, 1.807) is 35.1 Å². The third-order valence-corrected chi connectivity index (χ3v) is 3.32. The van der Waals surface area contributed by atoms with Gasteiger partial charge in [-0.3, -0.25) is 14.3 Å². The molecular formula is C12H18N4O2. The Labute approximate surface area is 106 Å². The molecule has 0 aliphatic carbocycles. The molecule has 1 aromatic rings. The first-order valence-corrected chi connectivity index (χ1v) is 6.17. The van der Waals surface area contributed by atoms with E-state index in [1.807, 2.05) is 0 Å². The number of nitrogens with zero attached hydrogens (tertiary/aromatic N) is 3. The summed E-state index contributed by atoms with van der Waals surface area (Å²) in [4.78, 5) is 25.3. The lowest BCUT2D eigenvalue weighted by Gasteiger charge is -2.31. The number of amides is 2. The van der Waals surface area contributed by atoms with Crippen LogP contribution < -0.4 is 5.32 Å². The van der Waals surface area contributed by atoms with Gasteiger partial charge in [0.05, 0.1) is 0 Å². The van der Waals surface area contributed by atoms with Gasteiger partial charge >= 0.3 is 0 Å². The van der Waals surface area contributed by atoms with Crippen LogP contribution in [-0.2, 0) is 16.1 Å². The minimum absolute atomic E-state index is 0.0451. The molecule has 1 saturated heterocycles. The SMILES string of the molecule is CNC(=O)C1CCN(C(=O)Cn2cccn2)CC1. The van der Waals surface area contributed by atoms with E-state index in [4.69, 9.17) is 0 Å². The first-order chi connectivity index (χ1) is 8.70. The Morgan fingerprint density at radius 2 is 2.11 bits per heavy atom. The summed E-state index contributed by atoms with van der Waals surface area (Å²) < 4.78 is 1.62. The van der Waals surface area contributed by atoms with Crippen molar-refractivity contribution in [1.29, 1.82) is 0 Å². The smallest absolute Gasteiger partial charge is 0.244 e. The molecule has 0 unspecified atom stereocenters. The Morgan fingerprint density at radius 3 is 2.67 bits per heavy atom. The molecule has 1 N–H and O–H groups in total. The molecule has 0 bridgehead atoms. The second kappa shape index (κ2) is 5.66. The number of nitrogens with one attached hydrogen (secondary N) is 1. The topological polar surface area (TPSA) is 67.2 Å². The quantitative estimate of drug-likeness (QED) is 0.812. The predicted molar refractivity (Wildman–Crippen MR) is 65.6 cm³/mol. The molecule has 1 aliphatic heterocycles. The van der Waals surface area contributed by atoms with Crippen molar-refractivity contribution in [2.45, 2.75) is 19.4 Å². The molecule has 0 spiro atoms. The number of aromatic nitrogens is 2. The number of carbonyl (C=O) groups excluding carboxylic acids is 2. The van der Waals surface area contributed by atoms with E-state index in [2.05, 4.69) is 10.4 Å². The van der Waals surface area contributed by atoms with Gasteiger partial charge in [0.1, 0.15) is 6.54 Å². The van der Waals surface area contributed by atoms with Gasteiger partial charge in [-0.2, -0.15) is 5.10 Å². The zero-order valence-corrected chi connectivity index (χ0v) is 10.5. The minimum Gasteiger partial charge on any atom is -0.359 e. The van der Waals surface area contributed by atoms with E-state index < -0.39 is 0 Å². The van der Waals surface area contributed by atoms with Crippen LogP contribution in [0.25, 0.3) is 0 Å². The summed E-state index contributed by atoms with van der Waals surface area (Å²) in [6.07, 6.45) is 4.91. The van der Waals surface area contributed by atoms with Crippen molar-refractivity contribution in [3.05, 3.63) is 18.5 Å². The molecule has 1 aromatic heterocycles. The Balaban J connectivity index is 1.82. The molecule has 2 rings (SSSR count). The summed E-state index contributed by atoms with van der Waals surface area (Å²) in [7, 11) is 1.65. The second-order valence-electron chi connectivity index (χ2n) is 4.47. The van der Waals surface area contributed by atoms with Crippen molar-refractivity contribution in [2.24, 2.45) is 5.92 Å². The summed E-state index contributed by atoms with van der Waals surface area (Å²) in [5.41, 5.74) is 0. The van der Waals surface area contributed by atoms with E-state index in [0.717, 1.165) is 12.8 Å². The highest BCUT2D eigenvalue weighted by atomic mass is 16.2. The van der Waals surface area contributed by atoms with Crippen LogP contribution in [0, 0.1) is 5.92 Å². The average Bonchev–Trinajstić information content (AvgIpc) is 2.91. The van der Waals surface area contributed by atoms with Gasteiger partial charge in [-0.25, -0.2) is 0 Å². The fourth-order valence-electron chi connectivity index (χ4n) is 2.23. The average molecular weight is 250 g/mol. The van der Waals surface area contributed by atoms with Crippen LogP contribution in [0.1, 0.15) is 12.8 Å². The summed E-state index contributed by atoms with van der Waals surface area (Å²) in [5.74, 6) is 0.187. The van der Waals surface area contributed by atoms with Crippen molar-refractivity contribution < 1.29 is 9.59 Å². The van der Waals surface area contributed by atoms with Crippen LogP contribution in [0.2, 0.25) is 0 Å². The Kier molecular flexibility index (Phi) is 3.96. The maximum Gasteiger partial charge on any atom is 0.244 e. The monoisotopic (exact) mass is 250 g/mol. The molecule has 0 aromatic carbocycles. The summed E-state index contributed by atoms with van der Waals surface area (Å²) in [5, 5.41) is 6.67. The van der Waals surface area contributed by atoms with E-state index in [-0.39, 0.29) is 24.3 Å². The van der Waals surface area contributed by atoms with Crippen molar-refractivity contribution in [3.8, 4) is 0 Å². The zero-order chi connectivity index (χ0) is 13.0. The number of carbonyl (C=O) groups is 2. The first kappa shape index (κ1) is 12.6. The van der Waals surface area contributed by atoms with Gasteiger partial charge in [0.15, 0.2) is 0 Å². The van der Waals surface area contributed by atoms with Crippen LogP contribution >= 0.6 is 0 Å². The highest BCUT2D eigenvalue weighted by molar-refractivity contribution is 5.79. The van der Waals surface area contributed by atoms with Crippen molar-refractivity contribution >= 4 is 11.8 Å². The molecule has 0 radical (unpaired) electrons. The van der Waals surface area contributed by atoms with Gasteiger partial charge in [0.2, 0.25) is 11.8 Å². The van der Waals surface area contributed by atoms with Gasteiger partial charge in [0, 0.05) is 38.4 Å². The molecule has 18 heavy (non-hydrogen) atoms. The third-order valence-electron chi connectivity index (χ3n) is 3.32. The van der Waals surface area contributed by atoms with E-state index in [0.29, 0.717) is 13.1 Å². The summed E-state index contributed by atoms with van der Waals surface area (Å²) in [6, 6.07) is 1.80. The Morgan fingerprint density at radius 1 is 1.39 bits per heavy atom. The fourth-order valence-corrected chi connectivity index (χ4v) is 2.23. The fraction of sp³-hybridized carbons (Fsp3) is 0.583. The molecule has 0 atom stereocenters. The lowest BCUT2D eigenvalue weighted by atomic mass is 9.96. The van der Waals surface area contributed by atoms with Crippen LogP contribution in [0.5, 0.6) is 0 Å². The molecule has 6 nitrogen and oxygen atoms in total. The molecule has 0 saturated carbocycles. The standard InChI is InChI=1S/C12H18N4O2/c1-13-12(18)10-3-7-15(8-4-10)11(17)9-16-6-2-5-14-16/h2,5-6,10H,3-4,7-9H2,1H3,(H,13,18). The number of piperidine rings is 1. The molecular weight excluding hydrogens is 232 g/mol. The molecule has 6 heteroatoms. The Hall–Kier alpha value is -1.85. The van der Waals surface area contributed by atoms with Crippen LogP contribution in [0.4, 0.5) is 0 Å². The van der Waals surface area contributed by atoms with Gasteiger partial charge in [-0.1, -0.05) is 0 Å². The predicted octanol–water partition coefficient (Wildman–Crippen LogP) is -0.132. The Bertz CT molecular complexity index is 408. The lowest BCUT2D eigenvalue weighted by molar-refractivity contribution is -0.136. The lowest BCUT2D eigenvalue weighted by Crippen LogP contribution is -2.43. The first-order valence-electron chi connectivity index (χ1n) is 6.17. The normalized spacial score (nSPS) is 16.6. The van der Waals surface area contributed by atoms with E-state index in [1.165, 1.54) is 0 Å². The van der Waals surface area contributed by atoms with Crippen molar-refractivity contribution in [3.63, 3.8) is 0 Å². The molecule has 2 amide bonds. The number of hydrogen-bond acceptors (Lipinski definition) is 3. The summed E-state index contributed by atoms with van der Waals surface area (Å²) >= 11 is 0. The van der Waals surface area contributed by atoms with Crippen molar-refractivity contribution in [1.82, 2.24) is 20.0 Å². The highest BCUT2D eigenvalue weighted by Gasteiger charge is 2.26. The van der Waals surface area contributed by atoms with Gasteiger partial charge in [-0.05, 0) is 18.9 Å². The molecule has 1 fully saturated rings. The largest absolute Gasteiger partial charge is 0.359 e. The maximum absolute atomic E-state index is 12.0. The second-order valence-corrected chi connectivity index (χ2v) is 4.47. The van der Waals surface area contributed by atoms with Gasteiger partial charge < -0.3 is 10.2 Å². The van der Waals surface area contributed by atoms with Crippen LogP contribution in [0.15, 0.2) is 18.5 Å².